The number of carbonyl (C=O) groups excluding carboxylic acids is 2. The summed E-state index contributed by atoms with van der Waals surface area (Å²) in [5.41, 5.74) is 3.70. The summed E-state index contributed by atoms with van der Waals surface area (Å²) in [5.74, 6) is -0.625. The number of rotatable bonds is 4. The van der Waals surface area contributed by atoms with Crippen LogP contribution in [0.3, 0.4) is 0 Å². The summed E-state index contributed by atoms with van der Waals surface area (Å²) < 4.78 is 5.31. The molecule has 3 nitrogen and oxygen atoms in total. The predicted molar refractivity (Wildman–Crippen MR) is 102 cm³/mol. The normalized spacial score (nSPS) is 13.2. The highest BCUT2D eigenvalue weighted by molar-refractivity contribution is 6.06. The van der Waals surface area contributed by atoms with E-state index in [0.29, 0.717) is 11.1 Å². The lowest BCUT2D eigenvalue weighted by Crippen LogP contribution is -2.15. The number of benzene rings is 3. The number of hydrogen-bond acceptors (Lipinski definition) is 3. The van der Waals surface area contributed by atoms with Crippen LogP contribution in [0, 0.1) is 0 Å². The molecule has 0 bridgehead atoms. The standard InChI is InChI=1S/C23H20O3/c24-22(19-13-12-16-6-1-2-8-18(16)14-19)15-26-23(25)21-11-5-9-17-7-3-4-10-20(17)21/h3-5,7,9-14H,1-2,6,8,15H2. The number of fused-ring (bicyclic) bond motifs is 2. The van der Waals surface area contributed by atoms with Crippen molar-refractivity contribution < 1.29 is 14.3 Å². The molecule has 0 N–H and O–H groups in total. The van der Waals surface area contributed by atoms with Crippen LogP contribution in [0.4, 0.5) is 0 Å². The van der Waals surface area contributed by atoms with E-state index in [1.807, 2.05) is 54.6 Å². The Labute approximate surface area is 152 Å². The van der Waals surface area contributed by atoms with Crippen LogP contribution in [-0.4, -0.2) is 18.4 Å². The zero-order valence-corrected chi connectivity index (χ0v) is 14.5. The van der Waals surface area contributed by atoms with E-state index >= 15 is 0 Å². The molecule has 3 aromatic rings. The van der Waals surface area contributed by atoms with Gasteiger partial charge in [0.1, 0.15) is 0 Å². The maximum absolute atomic E-state index is 12.5. The number of aryl methyl sites for hydroxylation is 2. The fourth-order valence-corrected chi connectivity index (χ4v) is 3.60. The van der Waals surface area contributed by atoms with Gasteiger partial charge in [-0.05, 0) is 59.7 Å². The van der Waals surface area contributed by atoms with E-state index in [-0.39, 0.29) is 12.4 Å². The molecule has 4 rings (SSSR count). The Morgan fingerprint density at radius 2 is 1.62 bits per heavy atom. The summed E-state index contributed by atoms with van der Waals surface area (Å²) >= 11 is 0. The van der Waals surface area contributed by atoms with Crippen LogP contribution in [-0.2, 0) is 17.6 Å². The first-order valence-electron chi connectivity index (χ1n) is 9.02. The third kappa shape index (κ3) is 3.25. The van der Waals surface area contributed by atoms with Crippen molar-refractivity contribution in [2.75, 3.05) is 6.61 Å². The molecular weight excluding hydrogens is 324 g/mol. The number of ether oxygens (including phenoxy) is 1. The van der Waals surface area contributed by atoms with Crippen LogP contribution in [0.1, 0.15) is 44.7 Å². The van der Waals surface area contributed by atoms with Crippen LogP contribution < -0.4 is 0 Å². The van der Waals surface area contributed by atoms with Crippen LogP contribution in [0.2, 0.25) is 0 Å². The van der Waals surface area contributed by atoms with Gasteiger partial charge in [-0.1, -0.05) is 48.5 Å². The molecule has 0 spiro atoms. The first kappa shape index (κ1) is 16.5. The van der Waals surface area contributed by atoms with Gasteiger partial charge < -0.3 is 4.74 Å². The zero-order chi connectivity index (χ0) is 17.9. The molecule has 0 aromatic heterocycles. The monoisotopic (exact) mass is 344 g/mol. The number of esters is 1. The SMILES string of the molecule is O=C(COC(=O)c1cccc2ccccc12)c1ccc2c(c1)CCCC2. The van der Waals surface area contributed by atoms with Crippen molar-refractivity contribution in [3.8, 4) is 0 Å². The zero-order valence-electron chi connectivity index (χ0n) is 14.5. The Morgan fingerprint density at radius 3 is 2.50 bits per heavy atom. The van der Waals surface area contributed by atoms with E-state index in [4.69, 9.17) is 4.74 Å². The van der Waals surface area contributed by atoms with Gasteiger partial charge in [0.15, 0.2) is 12.4 Å². The fraction of sp³-hybridized carbons (Fsp3) is 0.217. The predicted octanol–water partition coefficient (Wildman–Crippen LogP) is 4.76. The molecule has 0 fully saturated rings. The van der Waals surface area contributed by atoms with Gasteiger partial charge in [-0.2, -0.15) is 0 Å². The number of carbonyl (C=O) groups is 2. The van der Waals surface area contributed by atoms with Gasteiger partial charge in [0.05, 0.1) is 5.56 Å². The molecule has 1 aliphatic carbocycles. The second kappa shape index (κ2) is 7.12. The van der Waals surface area contributed by atoms with Crippen molar-refractivity contribution in [2.45, 2.75) is 25.7 Å². The topological polar surface area (TPSA) is 43.4 Å². The van der Waals surface area contributed by atoms with Crippen LogP contribution in [0.5, 0.6) is 0 Å². The van der Waals surface area contributed by atoms with Crippen molar-refractivity contribution >= 4 is 22.5 Å². The highest BCUT2D eigenvalue weighted by atomic mass is 16.5. The summed E-state index contributed by atoms with van der Waals surface area (Å²) in [5, 5.41) is 1.81. The maximum atomic E-state index is 12.5. The highest BCUT2D eigenvalue weighted by Crippen LogP contribution is 2.23. The second-order valence-corrected chi connectivity index (χ2v) is 6.72. The molecule has 3 aromatic carbocycles. The summed E-state index contributed by atoms with van der Waals surface area (Å²) in [6.45, 7) is -0.235. The summed E-state index contributed by atoms with van der Waals surface area (Å²) in [4.78, 5) is 24.9. The molecule has 0 saturated heterocycles. The first-order valence-corrected chi connectivity index (χ1v) is 9.02. The van der Waals surface area contributed by atoms with Crippen molar-refractivity contribution in [1.29, 1.82) is 0 Å². The van der Waals surface area contributed by atoms with Gasteiger partial charge in [0, 0.05) is 5.56 Å². The third-order valence-electron chi connectivity index (χ3n) is 5.01. The molecule has 0 saturated carbocycles. The summed E-state index contributed by atoms with van der Waals surface area (Å²) in [7, 11) is 0. The average molecular weight is 344 g/mol. The Balaban J connectivity index is 1.48. The van der Waals surface area contributed by atoms with Gasteiger partial charge in [-0.25, -0.2) is 4.79 Å². The van der Waals surface area contributed by atoms with Crippen LogP contribution >= 0.6 is 0 Å². The molecule has 26 heavy (non-hydrogen) atoms. The molecular formula is C23H20O3. The summed E-state index contributed by atoms with van der Waals surface area (Å²) in [6.07, 6.45) is 4.48. The van der Waals surface area contributed by atoms with E-state index in [1.54, 1.807) is 6.07 Å². The van der Waals surface area contributed by atoms with Gasteiger partial charge >= 0.3 is 5.97 Å². The Bertz CT molecular complexity index is 982. The van der Waals surface area contributed by atoms with E-state index in [0.717, 1.165) is 23.6 Å². The minimum atomic E-state index is -0.465. The molecule has 130 valence electrons. The molecule has 0 heterocycles. The maximum Gasteiger partial charge on any atom is 0.339 e. The second-order valence-electron chi connectivity index (χ2n) is 6.72. The molecule has 0 unspecified atom stereocenters. The number of Topliss-reactive ketones (excluding diaryl/α,β-unsaturated/α-hetero) is 1. The lowest BCUT2D eigenvalue weighted by atomic mass is 9.90. The number of hydrogen-bond donors (Lipinski definition) is 0. The smallest absolute Gasteiger partial charge is 0.339 e. The first-order chi connectivity index (χ1) is 12.7. The largest absolute Gasteiger partial charge is 0.454 e. The lowest BCUT2D eigenvalue weighted by molar-refractivity contribution is 0.0476. The molecule has 3 heteroatoms. The van der Waals surface area contributed by atoms with E-state index in [2.05, 4.69) is 0 Å². The van der Waals surface area contributed by atoms with Gasteiger partial charge in [0.25, 0.3) is 0 Å². The van der Waals surface area contributed by atoms with Crippen molar-refractivity contribution in [1.82, 2.24) is 0 Å². The molecule has 0 atom stereocenters. The molecule has 0 amide bonds. The minimum Gasteiger partial charge on any atom is -0.454 e. The van der Waals surface area contributed by atoms with Gasteiger partial charge in [0.2, 0.25) is 0 Å². The molecule has 1 aliphatic rings. The van der Waals surface area contributed by atoms with Gasteiger partial charge in [-0.15, -0.1) is 0 Å². The van der Waals surface area contributed by atoms with Crippen molar-refractivity contribution in [3.05, 3.63) is 82.9 Å². The third-order valence-corrected chi connectivity index (χ3v) is 5.01. The van der Waals surface area contributed by atoms with E-state index < -0.39 is 5.97 Å². The Hall–Kier alpha value is -2.94. The quantitative estimate of drug-likeness (QED) is 0.506. The Kier molecular flexibility index (Phi) is 4.53. The lowest BCUT2D eigenvalue weighted by Gasteiger charge is -2.16. The molecule has 0 aliphatic heterocycles. The average Bonchev–Trinajstić information content (AvgIpc) is 2.71. The molecule has 0 radical (unpaired) electrons. The highest BCUT2D eigenvalue weighted by Gasteiger charge is 2.16. The fourth-order valence-electron chi connectivity index (χ4n) is 3.60. The van der Waals surface area contributed by atoms with Crippen LogP contribution in [0.25, 0.3) is 10.8 Å². The Morgan fingerprint density at radius 1 is 0.846 bits per heavy atom. The number of ketones is 1. The van der Waals surface area contributed by atoms with E-state index in [1.165, 1.54) is 24.0 Å². The van der Waals surface area contributed by atoms with E-state index in [9.17, 15) is 9.59 Å². The van der Waals surface area contributed by atoms with Crippen LogP contribution in [0.15, 0.2) is 60.7 Å². The van der Waals surface area contributed by atoms with Crippen molar-refractivity contribution in [3.63, 3.8) is 0 Å². The van der Waals surface area contributed by atoms with Gasteiger partial charge in [-0.3, -0.25) is 4.79 Å². The van der Waals surface area contributed by atoms with Crippen molar-refractivity contribution in [2.24, 2.45) is 0 Å². The summed E-state index contributed by atoms with van der Waals surface area (Å²) in [6, 6.07) is 19.0. The minimum absolute atomic E-state index is 0.160.